The Kier molecular flexibility index (Phi) is 31.8. The fraction of sp³-hybridized carbons (Fsp3) is 1.00. The van der Waals surface area contributed by atoms with E-state index in [0.717, 1.165) is 6.54 Å². The molecule has 0 unspecified atom stereocenters. The van der Waals surface area contributed by atoms with Gasteiger partial charge in [-0.3, -0.25) is 0 Å². The Morgan fingerprint density at radius 2 is 0.576 bits per heavy atom. The van der Waals surface area contributed by atoms with E-state index in [1.54, 1.807) is 0 Å². The molecule has 0 fully saturated rings. The Labute approximate surface area is 211 Å². The van der Waals surface area contributed by atoms with E-state index in [1.807, 2.05) is 0 Å². The molecule has 33 heavy (non-hydrogen) atoms. The largest absolute Gasteiger partial charge is 0.330 e. The monoisotopic (exact) mass is 467 g/mol. The zero-order valence-corrected chi connectivity index (χ0v) is 23.3. The lowest BCUT2D eigenvalue weighted by Gasteiger charge is -2.06. The zero-order chi connectivity index (χ0) is 23.9. The Bertz CT molecular complexity index is 288. The molecule has 0 aliphatic rings. The van der Waals surface area contributed by atoms with E-state index in [1.165, 1.54) is 186 Å². The molecular weight excluding hydrogens is 400 g/mol. The maximum atomic E-state index is 5.53. The van der Waals surface area contributed by atoms with Crippen molar-refractivity contribution in [2.45, 2.75) is 180 Å². The molecule has 0 aromatic carbocycles. The van der Waals surface area contributed by atoms with Gasteiger partial charge in [0.05, 0.1) is 0 Å². The summed E-state index contributed by atoms with van der Waals surface area (Å²) in [4.78, 5) is 0. The topological polar surface area (TPSA) is 38.0 Å². The third-order valence-corrected chi connectivity index (χ3v) is 7.26. The van der Waals surface area contributed by atoms with E-state index in [4.69, 9.17) is 5.73 Å². The average molecular weight is 467 g/mol. The lowest BCUT2D eigenvalue weighted by atomic mass is 10.0. The molecular formula is C31H66N2. The van der Waals surface area contributed by atoms with Crippen molar-refractivity contribution in [2.75, 3.05) is 19.6 Å². The Hall–Kier alpha value is -0.0800. The Morgan fingerprint density at radius 1 is 0.333 bits per heavy atom. The van der Waals surface area contributed by atoms with Crippen LogP contribution in [0.15, 0.2) is 0 Å². The van der Waals surface area contributed by atoms with Gasteiger partial charge < -0.3 is 11.1 Å². The number of hydrogen-bond donors (Lipinski definition) is 2. The van der Waals surface area contributed by atoms with Crippen LogP contribution in [0.2, 0.25) is 0 Å². The van der Waals surface area contributed by atoms with Gasteiger partial charge in [-0.25, -0.2) is 0 Å². The molecule has 0 aliphatic carbocycles. The van der Waals surface area contributed by atoms with Gasteiger partial charge in [-0.1, -0.05) is 161 Å². The molecule has 0 aliphatic heterocycles. The minimum atomic E-state index is 0.871. The van der Waals surface area contributed by atoms with Crippen LogP contribution in [0, 0.1) is 0 Å². The molecule has 0 saturated heterocycles. The summed E-state index contributed by atoms with van der Waals surface area (Å²) in [5, 5.41) is 3.67. The minimum Gasteiger partial charge on any atom is -0.330 e. The van der Waals surface area contributed by atoms with Gasteiger partial charge in [-0.05, 0) is 38.9 Å². The van der Waals surface area contributed by atoms with Crippen LogP contribution in [0.1, 0.15) is 180 Å². The summed E-state index contributed by atoms with van der Waals surface area (Å²) >= 11 is 0. The molecule has 0 bridgehead atoms. The first kappa shape index (κ1) is 32.9. The first-order chi connectivity index (χ1) is 16.4. The van der Waals surface area contributed by atoms with Crippen molar-refractivity contribution in [3.63, 3.8) is 0 Å². The van der Waals surface area contributed by atoms with Gasteiger partial charge in [-0.2, -0.15) is 0 Å². The highest BCUT2D eigenvalue weighted by Crippen LogP contribution is 2.14. The molecule has 3 N–H and O–H groups in total. The minimum absolute atomic E-state index is 0.871. The summed E-state index contributed by atoms with van der Waals surface area (Å²) in [7, 11) is 0. The first-order valence-electron chi connectivity index (χ1n) is 15.8. The summed E-state index contributed by atoms with van der Waals surface area (Å²) in [6.07, 6.45) is 38.6. The fourth-order valence-electron chi connectivity index (χ4n) is 4.91. The number of nitrogens with one attached hydrogen (secondary N) is 1. The van der Waals surface area contributed by atoms with E-state index >= 15 is 0 Å². The summed E-state index contributed by atoms with van der Waals surface area (Å²) < 4.78 is 0. The highest BCUT2D eigenvalue weighted by Gasteiger charge is 1.96. The van der Waals surface area contributed by atoms with Gasteiger partial charge in [-0.15, -0.1) is 0 Å². The average Bonchev–Trinajstić information content (AvgIpc) is 2.83. The molecule has 0 amide bonds. The van der Waals surface area contributed by atoms with Crippen molar-refractivity contribution in [1.82, 2.24) is 5.32 Å². The van der Waals surface area contributed by atoms with Crippen LogP contribution in [-0.2, 0) is 0 Å². The third-order valence-electron chi connectivity index (χ3n) is 7.26. The maximum Gasteiger partial charge on any atom is -0.00489 e. The molecule has 200 valence electrons. The Morgan fingerprint density at radius 3 is 0.848 bits per heavy atom. The van der Waals surface area contributed by atoms with Gasteiger partial charge in [0.1, 0.15) is 0 Å². The second kappa shape index (κ2) is 31.9. The highest BCUT2D eigenvalue weighted by molar-refractivity contribution is 4.53. The van der Waals surface area contributed by atoms with Gasteiger partial charge in [0.2, 0.25) is 0 Å². The predicted octanol–water partition coefficient (Wildman–Crippen LogP) is 10.1. The van der Waals surface area contributed by atoms with Gasteiger partial charge in [0, 0.05) is 0 Å². The van der Waals surface area contributed by atoms with Crippen molar-refractivity contribution in [1.29, 1.82) is 0 Å². The summed E-state index contributed by atoms with van der Waals surface area (Å²) in [5.41, 5.74) is 5.53. The smallest absolute Gasteiger partial charge is 0.00489 e. The number of rotatable bonds is 30. The van der Waals surface area contributed by atoms with Crippen molar-refractivity contribution < 1.29 is 0 Å². The normalized spacial score (nSPS) is 11.5. The number of nitrogens with two attached hydrogens (primary N) is 1. The quantitative estimate of drug-likeness (QED) is 0.103. The molecule has 2 heteroatoms. The lowest BCUT2D eigenvalue weighted by molar-refractivity contribution is 0.518. The summed E-state index contributed by atoms with van der Waals surface area (Å²) in [6, 6.07) is 0. The van der Waals surface area contributed by atoms with Crippen LogP contribution in [0.25, 0.3) is 0 Å². The third kappa shape index (κ3) is 31.9. The summed E-state index contributed by atoms with van der Waals surface area (Å²) in [6.45, 7) is 5.65. The van der Waals surface area contributed by atoms with E-state index < -0.39 is 0 Å². The second-order valence-corrected chi connectivity index (χ2v) is 10.7. The molecule has 0 aromatic rings. The van der Waals surface area contributed by atoms with Crippen LogP contribution in [0.5, 0.6) is 0 Å². The molecule has 0 saturated carbocycles. The van der Waals surface area contributed by atoms with Crippen molar-refractivity contribution in [2.24, 2.45) is 5.73 Å². The van der Waals surface area contributed by atoms with E-state index in [0.29, 0.717) is 0 Å². The molecule has 0 spiro atoms. The lowest BCUT2D eigenvalue weighted by Crippen LogP contribution is -2.16. The van der Waals surface area contributed by atoms with Crippen LogP contribution < -0.4 is 11.1 Å². The molecule has 2 nitrogen and oxygen atoms in total. The van der Waals surface area contributed by atoms with Gasteiger partial charge >= 0.3 is 0 Å². The summed E-state index contributed by atoms with van der Waals surface area (Å²) in [5.74, 6) is 0. The Balaban J connectivity index is 2.99. The van der Waals surface area contributed by atoms with Gasteiger partial charge in [0.25, 0.3) is 0 Å². The predicted molar refractivity (Wildman–Crippen MR) is 152 cm³/mol. The van der Waals surface area contributed by atoms with Crippen molar-refractivity contribution in [3.8, 4) is 0 Å². The van der Waals surface area contributed by atoms with Crippen LogP contribution in [0.3, 0.4) is 0 Å². The van der Waals surface area contributed by atoms with Crippen molar-refractivity contribution >= 4 is 0 Å². The highest BCUT2D eigenvalue weighted by atomic mass is 14.8. The van der Waals surface area contributed by atoms with E-state index in [9.17, 15) is 0 Å². The molecule has 0 aromatic heterocycles. The van der Waals surface area contributed by atoms with Crippen LogP contribution in [-0.4, -0.2) is 19.6 Å². The molecule has 0 radical (unpaired) electrons. The number of hydrogen-bond acceptors (Lipinski definition) is 2. The van der Waals surface area contributed by atoms with E-state index in [-0.39, 0.29) is 0 Å². The SMILES string of the molecule is CCCCCCCCCCCCCCCNCCCCCCCCCCCCCCCCN. The first-order valence-corrected chi connectivity index (χ1v) is 15.8. The standard InChI is InChI=1S/C31H66N2/c1-2-3-4-5-6-7-8-12-15-18-21-24-27-30-33-31-28-25-22-19-16-13-10-9-11-14-17-20-23-26-29-32/h33H,2-32H2,1H3. The zero-order valence-electron chi connectivity index (χ0n) is 23.3. The number of unbranched alkanes of at least 4 members (excludes halogenated alkanes) is 25. The maximum absolute atomic E-state index is 5.53. The molecule has 0 rings (SSSR count). The molecule has 0 atom stereocenters. The van der Waals surface area contributed by atoms with Crippen LogP contribution >= 0.6 is 0 Å². The second-order valence-electron chi connectivity index (χ2n) is 10.7. The van der Waals surface area contributed by atoms with Crippen LogP contribution in [0.4, 0.5) is 0 Å². The molecule has 0 heterocycles. The van der Waals surface area contributed by atoms with E-state index in [2.05, 4.69) is 12.2 Å². The van der Waals surface area contributed by atoms with Crippen molar-refractivity contribution in [3.05, 3.63) is 0 Å². The fourth-order valence-corrected chi connectivity index (χ4v) is 4.91. The van der Waals surface area contributed by atoms with Gasteiger partial charge in [0.15, 0.2) is 0 Å².